The highest BCUT2D eigenvalue weighted by Crippen LogP contribution is 2.33. The molecule has 0 heterocycles. The molecule has 5 heteroatoms. The Morgan fingerprint density at radius 3 is 2.73 bits per heavy atom. The quantitative estimate of drug-likeness (QED) is 0.782. The molecule has 1 saturated carbocycles. The number of benzene rings is 1. The van der Waals surface area contributed by atoms with Gasteiger partial charge in [0.05, 0.1) is 9.50 Å². The van der Waals surface area contributed by atoms with Gasteiger partial charge in [0.25, 0.3) is 0 Å². The van der Waals surface area contributed by atoms with Crippen molar-refractivity contribution in [3.8, 4) is 5.75 Å². The molecule has 1 aromatic carbocycles. The molecule has 1 aromatic rings. The van der Waals surface area contributed by atoms with Gasteiger partial charge in [-0.25, -0.2) is 4.39 Å². The molecule has 1 aliphatic carbocycles. The summed E-state index contributed by atoms with van der Waals surface area (Å²) in [5.74, 6) is 0.0282. The summed E-state index contributed by atoms with van der Waals surface area (Å²) >= 11 is 8.80. The lowest BCUT2D eigenvalue weighted by Crippen LogP contribution is -2.33. The number of hydrogen-bond donors (Lipinski definition) is 0. The van der Waals surface area contributed by atoms with Gasteiger partial charge in [0.2, 0.25) is 0 Å². The lowest BCUT2D eigenvalue weighted by Gasteiger charge is -2.25. The van der Waals surface area contributed by atoms with Crippen molar-refractivity contribution in [3.63, 3.8) is 0 Å². The maximum atomic E-state index is 13.1. The van der Waals surface area contributed by atoms with E-state index in [4.69, 9.17) is 16.3 Å². The van der Waals surface area contributed by atoms with Crippen molar-refractivity contribution in [1.82, 2.24) is 0 Å². The molecule has 2 rings (SSSR count). The standard InChI is InChI=1S/C10H7BrClFO2/c11-7-3-8(12)9(13)4-10(7)15-6-1-5(14)2-6/h3-4,6H,1-2H2. The first kappa shape index (κ1) is 10.9. The highest BCUT2D eigenvalue weighted by molar-refractivity contribution is 9.10. The van der Waals surface area contributed by atoms with E-state index in [9.17, 15) is 9.18 Å². The summed E-state index contributed by atoms with van der Waals surface area (Å²) in [6.45, 7) is 0. The third kappa shape index (κ3) is 2.32. The third-order valence-electron chi connectivity index (χ3n) is 2.18. The zero-order valence-electron chi connectivity index (χ0n) is 7.60. The highest BCUT2D eigenvalue weighted by Gasteiger charge is 2.29. The molecule has 0 amide bonds. The van der Waals surface area contributed by atoms with Crippen molar-refractivity contribution >= 4 is 33.3 Å². The number of rotatable bonds is 2. The molecule has 0 radical (unpaired) electrons. The van der Waals surface area contributed by atoms with Crippen LogP contribution in [0.3, 0.4) is 0 Å². The van der Waals surface area contributed by atoms with E-state index in [-0.39, 0.29) is 16.9 Å². The zero-order valence-corrected chi connectivity index (χ0v) is 9.94. The topological polar surface area (TPSA) is 26.3 Å². The smallest absolute Gasteiger partial charge is 0.145 e. The lowest BCUT2D eigenvalue weighted by molar-refractivity contribution is -0.129. The van der Waals surface area contributed by atoms with E-state index < -0.39 is 5.82 Å². The summed E-state index contributed by atoms with van der Waals surface area (Å²) in [4.78, 5) is 10.7. The van der Waals surface area contributed by atoms with Gasteiger partial charge >= 0.3 is 0 Å². The Morgan fingerprint density at radius 2 is 2.13 bits per heavy atom. The molecule has 15 heavy (non-hydrogen) atoms. The minimum absolute atomic E-state index is 0.0407. The van der Waals surface area contributed by atoms with Crippen molar-refractivity contribution in [1.29, 1.82) is 0 Å². The minimum atomic E-state index is -0.527. The van der Waals surface area contributed by atoms with Crippen LogP contribution in [0.1, 0.15) is 12.8 Å². The van der Waals surface area contributed by atoms with E-state index in [0.717, 1.165) is 0 Å². The van der Waals surface area contributed by atoms with Gasteiger partial charge < -0.3 is 4.74 Å². The first-order valence-electron chi connectivity index (χ1n) is 4.39. The molecule has 0 aromatic heterocycles. The van der Waals surface area contributed by atoms with Gasteiger partial charge in [0, 0.05) is 18.9 Å². The number of halogens is 3. The van der Waals surface area contributed by atoms with Crippen LogP contribution in [0.4, 0.5) is 4.39 Å². The van der Waals surface area contributed by atoms with E-state index in [1.54, 1.807) is 0 Å². The van der Waals surface area contributed by atoms with Crippen molar-refractivity contribution in [3.05, 3.63) is 27.4 Å². The second kappa shape index (κ2) is 4.10. The molecular formula is C10H7BrClFO2. The predicted molar refractivity (Wildman–Crippen MR) is 57.8 cm³/mol. The predicted octanol–water partition coefficient (Wildman–Crippen LogP) is 3.35. The summed E-state index contributed by atoms with van der Waals surface area (Å²) in [7, 11) is 0. The van der Waals surface area contributed by atoms with Crippen LogP contribution >= 0.6 is 27.5 Å². The van der Waals surface area contributed by atoms with Crippen molar-refractivity contribution < 1.29 is 13.9 Å². The monoisotopic (exact) mass is 292 g/mol. The van der Waals surface area contributed by atoms with E-state index in [0.29, 0.717) is 23.1 Å². The molecule has 0 spiro atoms. The van der Waals surface area contributed by atoms with E-state index in [1.165, 1.54) is 12.1 Å². The molecule has 2 nitrogen and oxygen atoms in total. The van der Waals surface area contributed by atoms with Crippen LogP contribution in [0, 0.1) is 5.82 Å². The Labute approximate surface area is 99.5 Å². The number of ketones is 1. The molecule has 80 valence electrons. The van der Waals surface area contributed by atoms with Crippen molar-refractivity contribution in [2.75, 3.05) is 0 Å². The molecule has 0 aliphatic heterocycles. The molecule has 1 aliphatic rings. The summed E-state index contributed by atoms with van der Waals surface area (Å²) in [5.41, 5.74) is 0. The summed E-state index contributed by atoms with van der Waals surface area (Å²) < 4.78 is 19.1. The highest BCUT2D eigenvalue weighted by atomic mass is 79.9. The van der Waals surface area contributed by atoms with Gasteiger partial charge in [-0.15, -0.1) is 0 Å². The van der Waals surface area contributed by atoms with Crippen LogP contribution in [0.25, 0.3) is 0 Å². The van der Waals surface area contributed by atoms with Crippen LogP contribution < -0.4 is 4.74 Å². The summed E-state index contributed by atoms with van der Waals surface area (Å²) in [6, 6.07) is 2.65. The Morgan fingerprint density at radius 1 is 1.47 bits per heavy atom. The fourth-order valence-electron chi connectivity index (χ4n) is 1.31. The Bertz CT molecular complexity index is 414. The van der Waals surface area contributed by atoms with E-state index in [2.05, 4.69) is 15.9 Å². The number of carbonyl (C=O) groups excluding carboxylic acids is 1. The van der Waals surface area contributed by atoms with Crippen LogP contribution in [0.15, 0.2) is 16.6 Å². The van der Waals surface area contributed by atoms with Crippen LogP contribution in [-0.2, 0) is 4.79 Å². The maximum absolute atomic E-state index is 13.1. The molecular weight excluding hydrogens is 286 g/mol. The van der Waals surface area contributed by atoms with Crippen molar-refractivity contribution in [2.24, 2.45) is 0 Å². The number of hydrogen-bond acceptors (Lipinski definition) is 2. The number of carbonyl (C=O) groups is 1. The van der Waals surface area contributed by atoms with Crippen LogP contribution in [-0.4, -0.2) is 11.9 Å². The van der Waals surface area contributed by atoms with Gasteiger partial charge in [-0.3, -0.25) is 4.79 Å². The Hall–Kier alpha value is -0.610. The second-order valence-electron chi connectivity index (χ2n) is 3.38. The molecule has 0 saturated heterocycles. The first-order chi connectivity index (χ1) is 7.06. The molecule has 1 fully saturated rings. The molecule has 0 unspecified atom stereocenters. The average molecular weight is 294 g/mol. The maximum Gasteiger partial charge on any atom is 0.145 e. The number of ether oxygens (including phenoxy) is 1. The average Bonchev–Trinajstić information content (AvgIpc) is 2.11. The zero-order chi connectivity index (χ0) is 11.0. The molecule has 0 atom stereocenters. The fraction of sp³-hybridized carbons (Fsp3) is 0.300. The van der Waals surface area contributed by atoms with E-state index >= 15 is 0 Å². The second-order valence-corrected chi connectivity index (χ2v) is 4.65. The van der Waals surface area contributed by atoms with Gasteiger partial charge in [-0.2, -0.15) is 0 Å². The van der Waals surface area contributed by atoms with Crippen LogP contribution in [0.5, 0.6) is 5.75 Å². The van der Waals surface area contributed by atoms with Crippen LogP contribution in [0.2, 0.25) is 5.02 Å². The SMILES string of the molecule is O=C1CC(Oc2cc(F)c(Cl)cc2Br)C1. The van der Waals surface area contributed by atoms with Gasteiger partial charge in [-0.1, -0.05) is 11.6 Å². The Balaban J connectivity index is 2.14. The first-order valence-corrected chi connectivity index (χ1v) is 5.56. The number of Topliss-reactive ketones (excluding diaryl/α,β-unsaturated/α-hetero) is 1. The van der Waals surface area contributed by atoms with Gasteiger partial charge in [-0.05, 0) is 22.0 Å². The van der Waals surface area contributed by atoms with Gasteiger partial charge in [0.15, 0.2) is 0 Å². The molecule has 0 bridgehead atoms. The fourth-order valence-corrected chi connectivity index (χ4v) is 2.04. The van der Waals surface area contributed by atoms with Crippen molar-refractivity contribution in [2.45, 2.75) is 18.9 Å². The minimum Gasteiger partial charge on any atom is -0.488 e. The Kier molecular flexibility index (Phi) is 2.98. The lowest BCUT2D eigenvalue weighted by atomic mass is 9.94. The summed E-state index contributed by atoms with van der Waals surface area (Å²) in [5, 5.41) is 0.0407. The molecule has 0 N–H and O–H groups in total. The van der Waals surface area contributed by atoms with E-state index in [1.807, 2.05) is 0 Å². The largest absolute Gasteiger partial charge is 0.488 e. The van der Waals surface area contributed by atoms with Gasteiger partial charge in [0.1, 0.15) is 23.5 Å². The third-order valence-corrected chi connectivity index (χ3v) is 3.09. The normalized spacial score (nSPS) is 16.3. The summed E-state index contributed by atoms with van der Waals surface area (Å²) in [6.07, 6.45) is 0.669.